The van der Waals surface area contributed by atoms with Gasteiger partial charge in [0.15, 0.2) is 11.5 Å². The van der Waals surface area contributed by atoms with Crippen LogP contribution in [-0.2, 0) is 27.2 Å². The number of fused-ring (bicyclic) bond motifs is 2. The monoisotopic (exact) mass is 494 g/mol. The van der Waals surface area contributed by atoms with Crippen molar-refractivity contribution in [1.29, 1.82) is 0 Å². The van der Waals surface area contributed by atoms with Crippen molar-refractivity contribution in [2.24, 2.45) is 0 Å². The molecule has 186 valence electrons. The quantitative estimate of drug-likeness (QED) is 0.278. The zero-order chi connectivity index (χ0) is 24.8. The van der Waals surface area contributed by atoms with Gasteiger partial charge in [-0.25, -0.2) is 0 Å². The van der Waals surface area contributed by atoms with Gasteiger partial charge in [0.1, 0.15) is 11.4 Å². The number of aryl methyl sites for hydroxylation is 2. The Morgan fingerprint density at radius 1 is 0.857 bits per heavy atom. The molecule has 0 unspecified atom stereocenters. The molecule has 2 aromatic carbocycles. The predicted molar refractivity (Wildman–Crippen MR) is 141 cm³/mol. The topological polar surface area (TPSA) is 68.7 Å². The van der Waals surface area contributed by atoms with E-state index in [9.17, 15) is 8.42 Å². The Balaban J connectivity index is 1.90. The first-order valence-corrected chi connectivity index (χ1v) is 14.2. The third-order valence-corrected chi connectivity index (χ3v) is 7.31. The van der Waals surface area contributed by atoms with Gasteiger partial charge in [0.2, 0.25) is 0 Å². The average molecular weight is 495 g/mol. The molecule has 2 heterocycles. The molecule has 35 heavy (non-hydrogen) atoms. The highest BCUT2D eigenvalue weighted by Gasteiger charge is 2.32. The molecule has 0 bridgehead atoms. The van der Waals surface area contributed by atoms with Gasteiger partial charge in [-0.1, -0.05) is 63.9 Å². The van der Waals surface area contributed by atoms with Crippen LogP contribution >= 0.6 is 0 Å². The van der Waals surface area contributed by atoms with E-state index in [2.05, 4.69) is 26.0 Å². The van der Waals surface area contributed by atoms with Gasteiger partial charge >= 0.3 is 0 Å². The van der Waals surface area contributed by atoms with E-state index >= 15 is 0 Å². The van der Waals surface area contributed by atoms with E-state index in [-0.39, 0.29) is 5.75 Å². The highest BCUT2D eigenvalue weighted by Crippen LogP contribution is 2.51. The second kappa shape index (κ2) is 11.2. The summed E-state index contributed by atoms with van der Waals surface area (Å²) in [6.45, 7) is 6.16. The number of nitrogens with zero attached hydrogens (tertiary/aromatic N) is 2. The Morgan fingerprint density at radius 2 is 1.60 bits per heavy atom. The van der Waals surface area contributed by atoms with Crippen molar-refractivity contribution in [2.75, 3.05) is 10.8 Å². The number of hydrogen-bond acceptors (Lipinski definition) is 6. The third kappa shape index (κ3) is 5.68. The van der Waals surface area contributed by atoms with Gasteiger partial charge in [-0.2, -0.15) is 13.5 Å². The van der Waals surface area contributed by atoms with E-state index in [4.69, 9.17) is 14.0 Å². The van der Waals surface area contributed by atoms with Crippen LogP contribution in [0.1, 0.15) is 64.1 Å². The molecule has 0 aliphatic carbocycles. The Kier molecular flexibility index (Phi) is 8.08. The van der Waals surface area contributed by atoms with E-state index in [1.165, 1.54) is 5.06 Å². The van der Waals surface area contributed by atoms with E-state index < -0.39 is 10.1 Å². The molecule has 0 fully saturated rings. The summed E-state index contributed by atoms with van der Waals surface area (Å²) in [7, 11) is -3.81. The number of unbranched alkanes of at least 4 members (excludes halogenated alkanes) is 2. The summed E-state index contributed by atoms with van der Waals surface area (Å²) in [5.74, 6) is 1.01. The number of ether oxygens (including phenoxy) is 1. The standard InChI is InChI=1S/C28H34N2O4S/c1-4-7-12-21-18-19-22(13-8-5-2)29-27(21)23-14-11-17-26-28(23)30(34-35(31,32)20-6-3)24-15-9-10-16-25(24)33-26/h9-11,14-19H,4-8,12-13,20H2,1-3H3. The van der Waals surface area contributed by atoms with Crippen LogP contribution in [0.3, 0.4) is 0 Å². The van der Waals surface area contributed by atoms with E-state index in [0.29, 0.717) is 29.3 Å². The Hall–Kier alpha value is -2.90. The van der Waals surface area contributed by atoms with Crippen LogP contribution in [0, 0.1) is 0 Å². The minimum Gasteiger partial charge on any atom is -0.453 e. The molecular weight excluding hydrogens is 460 g/mol. The summed E-state index contributed by atoms with van der Waals surface area (Å²) in [6, 6.07) is 17.3. The smallest absolute Gasteiger partial charge is 0.288 e. The number of hydrogen-bond donors (Lipinski definition) is 0. The number of benzene rings is 2. The number of para-hydroxylation sites is 3. The van der Waals surface area contributed by atoms with Crippen LogP contribution in [0.4, 0.5) is 11.4 Å². The Morgan fingerprint density at radius 3 is 2.37 bits per heavy atom. The lowest BCUT2D eigenvalue weighted by molar-refractivity contribution is 0.308. The van der Waals surface area contributed by atoms with Crippen molar-refractivity contribution in [2.45, 2.75) is 65.7 Å². The van der Waals surface area contributed by atoms with Gasteiger partial charge in [0.25, 0.3) is 10.1 Å². The van der Waals surface area contributed by atoms with Crippen molar-refractivity contribution in [1.82, 2.24) is 4.98 Å². The van der Waals surface area contributed by atoms with Gasteiger partial charge in [-0.05, 0) is 61.9 Å². The second-order valence-corrected chi connectivity index (χ2v) is 10.5. The molecule has 0 atom stereocenters. The molecule has 0 N–H and O–H groups in total. The SMILES string of the molecule is CCCCc1ccc(CCCC)c(-c2cccc3c2N(OS(=O)(=O)CCC)c2ccccc2O3)n1. The van der Waals surface area contributed by atoms with E-state index in [1.54, 1.807) is 6.07 Å². The normalized spacial score (nSPS) is 12.7. The van der Waals surface area contributed by atoms with E-state index in [1.807, 2.05) is 43.3 Å². The molecule has 1 aliphatic heterocycles. The van der Waals surface area contributed by atoms with Crippen LogP contribution < -0.4 is 9.80 Å². The fraction of sp³-hybridized carbons (Fsp3) is 0.393. The summed E-state index contributed by atoms with van der Waals surface area (Å²) in [6.07, 6.45) is 6.53. The molecule has 0 amide bonds. The number of aromatic nitrogens is 1. The second-order valence-electron chi connectivity index (χ2n) is 8.87. The molecular formula is C28H34N2O4S. The fourth-order valence-corrected chi connectivity index (χ4v) is 5.22. The first-order chi connectivity index (χ1) is 17.0. The predicted octanol–water partition coefficient (Wildman–Crippen LogP) is 7.35. The van der Waals surface area contributed by atoms with Crippen LogP contribution in [0.5, 0.6) is 11.5 Å². The molecule has 3 aromatic rings. The zero-order valence-corrected chi connectivity index (χ0v) is 21.6. The Labute approximate surface area is 209 Å². The largest absolute Gasteiger partial charge is 0.453 e. The fourth-order valence-electron chi connectivity index (χ4n) is 4.26. The zero-order valence-electron chi connectivity index (χ0n) is 20.8. The molecule has 6 nitrogen and oxygen atoms in total. The van der Waals surface area contributed by atoms with Gasteiger partial charge < -0.3 is 4.74 Å². The van der Waals surface area contributed by atoms with Crippen LogP contribution in [0.2, 0.25) is 0 Å². The molecule has 0 saturated heterocycles. The summed E-state index contributed by atoms with van der Waals surface area (Å²) in [5, 5.41) is 1.42. The lowest BCUT2D eigenvalue weighted by Crippen LogP contribution is -2.27. The molecule has 1 aromatic heterocycles. The van der Waals surface area contributed by atoms with Crippen LogP contribution in [0.15, 0.2) is 54.6 Å². The number of pyridine rings is 1. The third-order valence-electron chi connectivity index (χ3n) is 6.03. The minimum absolute atomic E-state index is 0.0729. The Bertz CT molecular complexity index is 1270. The maximum atomic E-state index is 12.8. The van der Waals surface area contributed by atoms with Gasteiger partial charge in [0.05, 0.1) is 11.4 Å². The molecule has 1 aliphatic rings. The van der Waals surface area contributed by atoms with Crippen molar-refractivity contribution in [3.63, 3.8) is 0 Å². The maximum Gasteiger partial charge on any atom is 0.288 e. The van der Waals surface area contributed by atoms with Crippen molar-refractivity contribution in [3.8, 4) is 22.8 Å². The molecule has 4 rings (SSSR count). The van der Waals surface area contributed by atoms with Crippen LogP contribution in [-0.4, -0.2) is 19.2 Å². The first kappa shape index (κ1) is 25.2. The summed E-state index contributed by atoms with van der Waals surface area (Å²) >= 11 is 0. The molecule has 0 radical (unpaired) electrons. The summed E-state index contributed by atoms with van der Waals surface area (Å²) in [4.78, 5) is 5.08. The van der Waals surface area contributed by atoms with Crippen molar-refractivity contribution >= 4 is 21.5 Å². The van der Waals surface area contributed by atoms with Gasteiger partial charge in [0, 0.05) is 11.3 Å². The minimum atomic E-state index is -3.81. The lowest BCUT2D eigenvalue weighted by atomic mass is 9.97. The number of rotatable bonds is 11. The van der Waals surface area contributed by atoms with Crippen molar-refractivity contribution in [3.05, 3.63) is 65.9 Å². The summed E-state index contributed by atoms with van der Waals surface area (Å²) in [5.41, 5.74) is 4.92. The van der Waals surface area contributed by atoms with Gasteiger partial charge in [-0.3, -0.25) is 4.98 Å². The molecule has 0 saturated carbocycles. The van der Waals surface area contributed by atoms with E-state index in [0.717, 1.165) is 61.0 Å². The summed E-state index contributed by atoms with van der Waals surface area (Å²) < 4.78 is 37.6. The lowest BCUT2D eigenvalue weighted by Gasteiger charge is -2.32. The van der Waals surface area contributed by atoms with Crippen molar-refractivity contribution < 1.29 is 17.4 Å². The molecule has 0 spiro atoms. The van der Waals surface area contributed by atoms with Crippen LogP contribution in [0.25, 0.3) is 11.3 Å². The van der Waals surface area contributed by atoms with Gasteiger partial charge in [-0.15, -0.1) is 4.28 Å². The molecule has 7 heteroatoms. The number of anilines is 2. The average Bonchev–Trinajstić information content (AvgIpc) is 2.85. The highest BCUT2D eigenvalue weighted by molar-refractivity contribution is 7.86. The highest BCUT2D eigenvalue weighted by atomic mass is 32.2. The maximum absolute atomic E-state index is 12.8. The first-order valence-electron chi connectivity index (χ1n) is 12.6.